The summed E-state index contributed by atoms with van der Waals surface area (Å²) in [6.07, 6.45) is -1.04. The van der Waals surface area contributed by atoms with E-state index in [1.807, 2.05) is 6.07 Å². The van der Waals surface area contributed by atoms with Crippen molar-refractivity contribution in [3.05, 3.63) is 88.4 Å². The van der Waals surface area contributed by atoms with Gasteiger partial charge in [0.25, 0.3) is 11.8 Å². The van der Waals surface area contributed by atoms with Crippen LogP contribution in [-0.2, 0) is 22.3 Å². The van der Waals surface area contributed by atoms with Gasteiger partial charge in [0.15, 0.2) is 17.3 Å². The molecule has 0 radical (unpaired) electrons. The number of carbonyl (C=O) groups excluding carboxylic acids is 2. The van der Waals surface area contributed by atoms with E-state index in [1.54, 1.807) is 13.2 Å². The van der Waals surface area contributed by atoms with Gasteiger partial charge in [0.2, 0.25) is 0 Å². The molecule has 1 saturated heterocycles. The second-order valence-corrected chi connectivity index (χ2v) is 11.2. The van der Waals surface area contributed by atoms with Crippen molar-refractivity contribution in [3.63, 3.8) is 0 Å². The van der Waals surface area contributed by atoms with E-state index in [4.69, 9.17) is 0 Å². The van der Waals surface area contributed by atoms with Crippen LogP contribution in [0.25, 0.3) is 11.1 Å². The fraction of sp³-hybridized carbons (Fsp3) is 0.267. The lowest BCUT2D eigenvalue weighted by molar-refractivity contribution is -0.160. The van der Waals surface area contributed by atoms with Crippen molar-refractivity contribution in [1.82, 2.24) is 15.0 Å². The van der Waals surface area contributed by atoms with Crippen molar-refractivity contribution in [2.45, 2.75) is 42.9 Å². The minimum Gasteiger partial charge on any atom is -0.509 e. The van der Waals surface area contributed by atoms with Gasteiger partial charge >= 0.3 is 6.18 Å². The van der Waals surface area contributed by atoms with Crippen molar-refractivity contribution in [1.29, 1.82) is 5.26 Å². The van der Waals surface area contributed by atoms with E-state index < -0.39 is 58.6 Å². The topological polar surface area (TPSA) is 110 Å². The molecule has 0 spiro atoms. The maximum atomic E-state index is 14.6. The maximum absolute atomic E-state index is 14.6. The number of aliphatic hydroxyl groups is 1. The van der Waals surface area contributed by atoms with Gasteiger partial charge < -0.3 is 10.4 Å². The molecule has 1 fully saturated rings. The number of rotatable bonds is 6. The Morgan fingerprint density at radius 1 is 1.23 bits per heavy atom. The third kappa shape index (κ3) is 5.37. The molecule has 14 heteroatoms. The zero-order valence-corrected chi connectivity index (χ0v) is 24.1. The molecule has 0 unspecified atom stereocenters. The smallest absolute Gasteiger partial charge is 0.416 e. The average molecular weight is 630 g/mol. The molecule has 0 bridgehead atoms. The largest absolute Gasteiger partial charge is 0.509 e. The van der Waals surface area contributed by atoms with Gasteiger partial charge in [-0.1, -0.05) is 12.1 Å². The van der Waals surface area contributed by atoms with Crippen LogP contribution in [0.15, 0.2) is 64.9 Å². The SMILES string of the molecule is CSc1cc(-c2cc(C(F)(F)F)ccc2NC(=O)C2=C(O)[C@@]3(C)CCCN3N(Cc3cccc(F)c3F)C2=O)cnc1C#N. The first-order chi connectivity index (χ1) is 20.8. The molecule has 228 valence electrons. The Labute approximate surface area is 252 Å². The van der Waals surface area contributed by atoms with Crippen LogP contribution in [-0.4, -0.2) is 50.3 Å². The number of pyridine rings is 1. The number of nitrogens with zero attached hydrogens (tertiary/aromatic N) is 4. The van der Waals surface area contributed by atoms with Crippen LogP contribution in [0.5, 0.6) is 0 Å². The summed E-state index contributed by atoms with van der Waals surface area (Å²) >= 11 is 1.15. The molecule has 5 rings (SSSR count). The zero-order chi connectivity index (χ0) is 32.0. The first-order valence-corrected chi connectivity index (χ1v) is 14.5. The second kappa shape index (κ2) is 11.5. The Morgan fingerprint density at radius 2 is 1.98 bits per heavy atom. The molecule has 3 aromatic rings. The van der Waals surface area contributed by atoms with Crippen LogP contribution in [0.2, 0.25) is 0 Å². The minimum atomic E-state index is -4.73. The lowest BCUT2D eigenvalue weighted by atomic mass is 9.90. The normalized spacial score (nSPS) is 18.8. The fourth-order valence-electron chi connectivity index (χ4n) is 5.46. The standard InChI is InChI=1S/C30H24F5N5O3S/c1-29-9-4-10-40(29)39(15-16-5-3-6-20(31)25(16)32)28(43)24(26(29)41)27(42)38-21-8-7-18(30(33,34)35)12-19(21)17-11-23(44-2)22(13-36)37-14-17/h3,5-8,11-12,14,41H,4,9-10,15H2,1-2H3,(H,38,42)/t29-/m1/s1. The molecule has 2 amide bonds. The van der Waals surface area contributed by atoms with Gasteiger partial charge in [-0.15, -0.1) is 11.8 Å². The van der Waals surface area contributed by atoms with Gasteiger partial charge in [-0.3, -0.25) is 14.6 Å². The van der Waals surface area contributed by atoms with Gasteiger partial charge in [-0.2, -0.15) is 18.4 Å². The molecule has 2 aromatic carbocycles. The van der Waals surface area contributed by atoms with Crippen molar-refractivity contribution in [2.75, 3.05) is 18.1 Å². The number of fused-ring (bicyclic) bond motifs is 1. The number of hydrogen-bond donors (Lipinski definition) is 2. The number of thioether (sulfide) groups is 1. The summed E-state index contributed by atoms with van der Waals surface area (Å²) in [6.45, 7) is 1.44. The van der Waals surface area contributed by atoms with Gasteiger partial charge in [0.05, 0.1) is 17.6 Å². The Morgan fingerprint density at radius 3 is 2.66 bits per heavy atom. The number of nitrogens with one attached hydrogen (secondary N) is 1. The molecule has 2 aliphatic heterocycles. The number of aliphatic hydroxyl groups excluding tert-OH is 1. The van der Waals surface area contributed by atoms with E-state index in [2.05, 4.69) is 10.3 Å². The molecule has 44 heavy (non-hydrogen) atoms. The maximum Gasteiger partial charge on any atom is 0.416 e. The quantitative estimate of drug-likeness (QED) is 0.190. The molecular formula is C30H24F5N5O3S. The third-order valence-corrected chi connectivity index (χ3v) is 8.50. The van der Waals surface area contributed by atoms with Gasteiger partial charge in [0, 0.05) is 40.0 Å². The summed E-state index contributed by atoms with van der Waals surface area (Å²) in [5.41, 5.74) is -3.11. The zero-order valence-electron chi connectivity index (χ0n) is 23.3. The summed E-state index contributed by atoms with van der Waals surface area (Å²) in [6, 6.07) is 9.42. The van der Waals surface area contributed by atoms with E-state index in [-0.39, 0.29) is 34.6 Å². The highest BCUT2D eigenvalue weighted by atomic mass is 32.2. The van der Waals surface area contributed by atoms with E-state index in [0.29, 0.717) is 17.7 Å². The van der Waals surface area contributed by atoms with E-state index >= 15 is 0 Å². The first kappa shape index (κ1) is 31.0. The van der Waals surface area contributed by atoms with Crippen molar-refractivity contribution < 1.29 is 36.6 Å². The summed E-state index contributed by atoms with van der Waals surface area (Å²) in [4.78, 5) is 31.9. The van der Waals surface area contributed by atoms with Crippen molar-refractivity contribution in [2.24, 2.45) is 0 Å². The Bertz CT molecular complexity index is 1760. The van der Waals surface area contributed by atoms with Crippen LogP contribution in [0.1, 0.15) is 36.6 Å². The van der Waals surface area contributed by atoms with E-state index in [1.165, 1.54) is 29.4 Å². The molecule has 0 saturated carbocycles. The molecular weight excluding hydrogens is 605 g/mol. The number of nitriles is 1. The van der Waals surface area contributed by atoms with E-state index in [0.717, 1.165) is 41.0 Å². The lowest BCUT2D eigenvalue weighted by Crippen LogP contribution is -2.60. The average Bonchev–Trinajstić information content (AvgIpc) is 3.39. The number of amides is 2. The number of alkyl halides is 3. The first-order valence-electron chi connectivity index (χ1n) is 13.2. The summed E-state index contributed by atoms with van der Waals surface area (Å²) < 4.78 is 69.6. The second-order valence-electron chi connectivity index (χ2n) is 10.4. The Kier molecular flexibility index (Phi) is 8.13. The number of hydrogen-bond acceptors (Lipinski definition) is 7. The molecule has 1 atom stereocenters. The van der Waals surface area contributed by atoms with Gasteiger partial charge in [-0.25, -0.2) is 18.8 Å². The molecule has 0 aliphatic carbocycles. The number of carbonyl (C=O) groups is 2. The third-order valence-electron chi connectivity index (χ3n) is 7.75. The predicted molar refractivity (Wildman–Crippen MR) is 151 cm³/mol. The van der Waals surface area contributed by atoms with Crippen LogP contribution in [0.4, 0.5) is 27.6 Å². The summed E-state index contributed by atoms with van der Waals surface area (Å²) in [5.74, 6) is -4.95. The number of hydrazine groups is 1. The van der Waals surface area contributed by atoms with Crippen LogP contribution >= 0.6 is 11.8 Å². The minimum absolute atomic E-state index is 0.0610. The van der Waals surface area contributed by atoms with Gasteiger partial charge in [-0.05, 0) is 56.4 Å². The number of aromatic nitrogens is 1. The summed E-state index contributed by atoms with van der Waals surface area (Å²) in [5, 5.41) is 25.6. The number of anilines is 1. The lowest BCUT2D eigenvalue weighted by Gasteiger charge is -2.46. The highest BCUT2D eigenvalue weighted by Crippen LogP contribution is 2.43. The van der Waals surface area contributed by atoms with Gasteiger partial charge in [0.1, 0.15) is 17.4 Å². The predicted octanol–water partition coefficient (Wildman–Crippen LogP) is 6.20. The monoisotopic (exact) mass is 629 g/mol. The van der Waals surface area contributed by atoms with Crippen LogP contribution in [0.3, 0.4) is 0 Å². The van der Waals surface area contributed by atoms with Crippen LogP contribution in [0, 0.1) is 23.0 Å². The molecule has 2 N–H and O–H groups in total. The number of halogens is 5. The molecule has 1 aromatic heterocycles. The van der Waals surface area contributed by atoms with Crippen LogP contribution < -0.4 is 5.32 Å². The molecule has 2 aliphatic rings. The van der Waals surface area contributed by atoms with Crippen molar-refractivity contribution >= 4 is 29.3 Å². The Balaban J connectivity index is 1.57. The molecule has 3 heterocycles. The highest BCUT2D eigenvalue weighted by Gasteiger charge is 2.52. The summed E-state index contributed by atoms with van der Waals surface area (Å²) in [7, 11) is 0. The highest BCUT2D eigenvalue weighted by molar-refractivity contribution is 7.98. The van der Waals surface area contributed by atoms with E-state index in [9.17, 15) is 41.9 Å². The Hall–Kier alpha value is -4.48. The fourth-order valence-corrected chi connectivity index (χ4v) is 6.00. The number of benzene rings is 2. The molecule has 8 nitrogen and oxygen atoms in total. The van der Waals surface area contributed by atoms with Crippen molar-refractivity contribution in [3.8, 4) is 17.2 Å².